The fourth-order valence-electron chi connectivity index (χ4n) is 0.136. The molecule has 0 nitrogen and oxygen atoms in total. The molecular formula is C3H9PSi. The lowest BCUT2D eigenvalue weighted by molar-refractivity contribution is 1.82. The van der Waals surface area contributed by atoms with Crippen LogP contribution in [0.2, 0.25) is 0 Å². The minimum absolute atomic E-state index is 1.11. The first-order valence-electron chi connectivity index (χ1n) is 1.73. The van der Waals surface area contributed by atoms with Crippen LogP contribution in [0.5, 0.6) is 0 Å². The van der Waals surface area contributed by atoms with Crippen molar-refractivity contribution >= 4 is 19.5 Å². The lowest BCUT2D eigenvalue weighted by Crippen LogP contribution is -1.54. The zero-order chi connectivity index (χ0) is 4.12. The minimum Gasteiger partial charge on any atom is -0.134 e. The van der Waals surface area contributed by atoms with Gasteiger partial charge in [-0.2, -0.15) is 0 Å². The Bertz CT molecular complexity index is 33.9. The molecule has 30 valence electrons. The van der Waals surface area contributed by atoms with E-state index in [1.807, 2.05) is 0 Å². The molecule has 5 heavy (non-hydrogen) atoms. The predicted octanol–water partition coefficient (Wildman–Crippen LogP) is -0.259. The van der Waals surface area contributed by atoms with Crippen molar-refractivity contribution < 1.29 is 0 Å². The van der Waals surface area contributed by atoms with Crippen LogP contribution in [0, 0.1) is 0 Å². The fraction of sp³-hybridized carbons (Fsp3) is 0.333. The molecule has 0 radical (unpaired) electrons. The molecule has 0 rings (SSSR count). The molecule has 1 atom stereocenters. The Kier molecular flexibility index (Phi) is 4.73. The Hall–Kier alpha value is 0.387. The van der Waals surface area contributed by atoms with Gasteiger partial charge in [0, 0.05) is 10.2 Å². The molecule has 0 amide bonds. The number of allylic oxidation sites excluding steroid dienone is 1. The van der Waals surface area contributed by atoms with E-state index < -0.39 is 0 Å². The smallest absolute Gasteiger partial charge is 0.0287 e. The van der Waals surface area contributed by atoms with Crippen LogP contribution >= 0.6 is 9.24 Å². The minimum atomic E-state index is 1.11. The quantitative estimate of drug-likeness (QED) is 0.317. The van der Waals surface area contributed by atoms with Crippen LogP contribution in [0.25, 0.3) is 0 Å². The van der Waals surface area contributed by atoms with Crippen LogP contribution in [0.1, 0.15) is 0 Å². The van der Waals surface area contributed by atoms with Crippen molar-refractivity contribution in [2.75, 3.05) is 6.16 Å². The van der Waals surface area contributed by atoms with E-state index in [9.17, 15) is 0 Å². The summed E-state index contributed by atoms with van der Waals surface area (Å²) in [5, 5.41) is 0. The molecule has 2 heteroatoms. The van der Waals surface area contributed by atoms with Gasteiger partial charge in [0.1, 0.15) is 0 Å². The lowest BCUT2D eigenvalue weighted by Gasteiger charge is -1.65. The second kappa shape index (κ2) is 4.39. The summed E-state index contributed by atoms with van der Waals surface area (Å²) in [7, 11) is 3.84. The van der Waals surface area contributed by atoms with Gasteiger partial charge in [0.15, 0.2) is 0 Å². The molecule has 0 saturated heterocycles. The molecule has 0 aromatic rings. The van der Waals surface area contributed by atoms with Crippen molar-refractivity contribution in [2.45, 2.75) is 0 Å². The number of hydrogen-bond acceptors (Lipinski definition) is 0. The van der Waals surface area contributed by atoms with E-state index in [0.717, 1.165) is 6.16 Å². The van der Waals surface area contributed by atoms with Crippen LogP contribution in [0.4, 0.5) is 0 Å². The van der Waals surface area contributed by atoms with Crippen LogP contribution in [0.15, 0.2) is 11.8 Å². The Morgan fingerprint density at radius 2 is 2.40 bits per heavy atom. The third-order valence-electron chi connectivity index (χ3n) is 0.372. The highest BCUT2D eigenvalue weighted by Gasteiger charge is 1.52. The average molecular weight is 104 g/mol. The summed E-state index contributed by atoms with van der Waals surface area (Å²) in [5.74, 6) is 0. The Morgan fingerprint density at radius 1 is 1.80 bits per heavy atom. The normalized spacial score (nSPS) is 10.6. The molecule has 0 aromatic heterocycles. The van der Waals surface area contributed by atoms with Crippen LogP contribution in [-0.4, -0.2) is 16.4 Å². The fourth-order valence-corrected chi connectivity index (χ4v) is 1.22. The van der Waals surface area contributed by atoms with Gasteiger partial charge in [-0.15, -0.1) is 14.9 Å². The second-order valence-electron chi connectivity index (χ2n) is 0.805. The van der Waals surface area contributed by atoms with Crippen LogP contribution in [0.3, 0.4) is 0 Å². The van der Waals surface area contributed by atoms with Crippen LogP contribution in [-0.2, 0) is 0 Å². The summed E-state index contributed by atoms with van der Waals surface area (Å²) in [4.78, 5) is 0. The molecule has 1 unspecified atom stereocenters. The molecule has 0 saturated carbocycles. The number of hydrogen-bond donors (Lipinski definition) is 0. The molecule has 0 bridgehead atoms. The highest BCUT2D eigenvalue weighted by Crippen LogP contribution is 1.76. The molecule has 0 spiro atoms. The van der Waals surface area contributed by atoms with Gasteiger partial charge in [-0.1, -0.05) is 6.08 Å². The van der Waals surface area contributed by atoms with Gasteiger partial charge in [0.2, 0.25) is 0 Å². The van der Waals surface area contributed by atoms with Gasteiger partial charge >= 0.3 is 0 Å². The van der Waals surface area contributed by atoms with Crippen molar-refractivity contribution in [2.24, 2.45) is 0 Å². The molecule has 0 fully saturated rings. The van der Waals surface area contributed by atoms with Gasteiger partial charge in [-0.25, -0.2) is 0 Å². The van der Waals surface area contributed by atoms with Gasteiger partial charge in [-0.3, -0.25) is 0 Å². The maximum atomic E-state index is 2.64. The monoisotopic (exact) mass is 104 g/mol. The molecule has 0 aliphatic carbocycles. The third kappa shape index (κ3) is 4.39. The zero-order valence-corrected chi connectivity index (χ0v) is 6.59. The standard InChI is InChI=1S/C3H9PSi/c4-2-1-3-5/h1,3H,2,4H2,5H3. The SMILES string of the molecule is [SiH3]C=CCP. The second-order valence-corrected chi connectivity index (χ2v) is 1.94. The Morgan fingerprint density at radius 3 is 2.40 bits per heavy atom. The molecule has 0 aliphatic rings. The average Bonchev–Trinajstić information content (AvgIpc) is 1.41. The molecular weight excluding hydrogens is 95.1 g/mol. The Labute approximate surface area is 38.3 Å². The highest BCUT2D eigenvalue weighted by atomic mass is 31.0. The first-order chi connectivity index (χ1) is 2.41. The summed E-state index contributed by atoms with van der Waals surface area (Å²) in [6.45, 7) is 0. The third-order valence-corrected chi connectivity index (χ3v) is 1.12. The predicted molar refractivity (Wildman–Crippen MR) is 33.7 cm³/mol. The van der Waals surface area contributed by atoms with Gasteiger partial charge < -0.3 is 0 Å². The zero-order valence-electron chi connectivity index (χ0n) is 3.44. The van der Waals surface area contributed by atoms with E-state index in [4.69, 9.17) is 0 Å². The summed E-state index contributed by atoms with van der Waals surface area (Å²) in [6.07, 6.45) is 3.26. The summed E-state index contributed by atoms with van der Waals surface area (Å²) in [5.41, 5.74) is 2.17. The van der Waals surface area contributed by atoms with Gasteiger partial charge in [-0.05, 0) is 6.16 Å². The van der Waals surface area contributed by atoms with Crippen molar-refractivity contribution in [1.82, 2.24) is 0 Å². The largest absolute Gasteiger partial charge is 0.134 e. The lowest BCUT2D eigenvalue weighted by atomic mass is 10.8. The first-order valence-corrected chi connectivity index (χ1v) is 3.70. The van der Waals surface area contributed by atoms with E-state index in [-0.39, 0.29) is 0 Å². The summed E-state index contributed by atoms with van der Waals surface area (Å²) in [6, 6.07) is 0. The Balaban J connectivity index is 2.62. The van der Waals surface area contributed by atoms with Gasteiger partial charge in [0.05, 0.1) is 0 Å². The first kappa shape index (κ1) is 5.39. The van der Waals surface area contributed by atoms with Crippen molar-refractivity contribution in [3.8, 4) is 0 Å². The highest BCUT2D eigenvalue weighted by molar-refractivity contribution is 7.16. The topological polar surface area (TPSA) is 0 Å². The van der Waals surface area contributed by atoms with Crippen LogP contribution < -0.4 is 0 Å². The molecule has 0 N–H and O–H groups in total. The van der Waals surface area contributed by atoms with Gasteiger partial charge in [0.25, 0.3) is 0 Å². The molecule has 0 aliphatic heterocycles. The maximum Gasteiger partial charge on any atom is 0.0287 e. The van der Waals surface area contributed by atoms with E-state index >= 15 is 0 Å². The molecule has 0 heterocycles. The summed E-state index contributed by atoms with van der Waals surface area (Å²) >= 11 is 0. The maximum absolute atomic E-state index is 2.64. The molecule has 0 aromatic carbocycles. The van der Waals surface area contributed by atoms with E-state index in [1.165, 1.54) is 10.2 Å². The van der Waals surface area contributed by atoms with E-state index in [0.29, 0.717) is 0 Å². The van der Waals surface area contributed by atoms with Crippen molar-refractivity contribution in [3.05, 3.63) is 11.8 Å². The van der Waals surface area contributed by atoms with Crippen molar-refractivity contribution in [3.63, 3.8) is 0 Å². The van der Waals surface area contributed by atoms with Crippen molar-refractivity contribution in [1.29, 1.82) is 0 Å². The summed E-state index contributed by atoms with van der Waals surface area (Å²) < 4.78 is 0. The van der Waals surface area contributed by atoms with E-state index in [1.54, 1.807) is 0 Å². The number of rotatable bonds is 1. The van der Waals surface area contributed by atoms with E-state index in [2.05, 4.69) is 21.0 Å².